The summed E-state index contributed by atoms with van der Waals surface area (Å²) in [6, 6.07) is 0.547. The number of nitrogens with zero attached hydrogens (tertiary/aromatic N) is 1. The molecule has 18 heavy (non-hydrogen) atoms. The zero-order valence-electron chi connectivity index (χ0n) is 12.1. The van der Waals surface area contributed by atoms with E-state index in [2.05, 4.69) is 44.2 Å². The van der Waals surface area contributed by atoms with E-state index in [1.807, 2.05) is 11.3 Å². The van der Waals surface area contributed by atoms with Gasteiger partial charge < -0.3 is 5.32 Å². The van der Waals surface area contributed by atoms with Crippen molar-refractivity contribution >= 4 is 11.3 Å². The van der Waals surface area contributed by atoms with Crippen LogP contribution in [0.3, 0.4) is 0 Å². The molecule has 0 unspecified atom stereocenters. The van der Waals surface area contributed by atoms with Gasteiger partial charge in [-0.2, -0.15) is 0 Å². The molecule has 2 rings (SSSR count). The molecule has 102 valence electrons. The number of rotatable bonds is 4. The minimum Gasteiger partial charge on any atom is -0.310 e. The molecule has 0 radical (unpaired) electrons. The van der Waals surface area contributed by atoms with Gasteiger partial charge in [-0.15, -0.1) is 11.3 Å². The molecule has 1 aliphatic carbocycles. The molecule has 1 saturated carbocycles. The summed E-state index contributed by atoms with van der Waals surface area (Å²) in [4.78, 5) is 6.02. The molecule has 1 fully saturated rings. The molecule has 1 N–H and O–H groups in total. The van der Waals surface area contributed by atoms with Crippen molar-refractivity contribution in [1.29, 1.82) is 0 Å². The smallest absolute Gasteiger partial charge is 0.0959 e. The molecule has 0 amide bonds. The summed E-state index contributed by atoms with van der Waals surface area (Å²) in [6.45, 7) is 10.1. The van der Waals surface area contributed by atoms with Gasteiger partial charge in [0.15, 0.2) is 0 Å². The number of thiazole rings is 1. The first-order valence-corrected chi connectivity index (χ1v) is 7.96. The summed E-state index contributed by atoms with van der Waals surface area (Å²) >= 11 is 1.91. The van der Waals surface area contributed by atoms with Crippen LogP contribution in [0.1, 0.15) is 69.2 Å². The molecule has 1 aromatic heterocycles. The molecule has 0 saturated heterocycles. The first-order valence-electron chi connectivity index (χ1n) is 7.14. The fourth-order valence-corrected chi connectivity index (χ4v) is 3.58. The van der Waals surface area contributed by atoms with Gasteiger partial charge in [0.1, 0.15) is 0 Å². The van der Waals surface area contributed by atoms with Crippen molar-refractivity contribution in [2.75, 3.05) is 0 Å². The summed E-state index contributed by atoms with van der Waals surface area (Å²) in [6.07, 6.45) is 7.39. The minimum atomic E-state index is 0.547. The Kier molecular flexibility index (Phi) is 4.44. The van der Waals surface area contributed by atoms with E-state index < -0.39 is 0 Å². The molecule has 2 nitrogen and oxygen atoms in total. The van der Waals surface area contributed by atoms with Crippen molar-refractivity contribution in [3.8, 4) is 0 Å². The number of hydrogen-bond acceptors (Lipinski definition) is 3. The first kappa shape index (κ1) is 14.0. The van der Waals surface area contributed by atoms with E-state index in [9.17, 15) is 0 Å². The van der Waals surface area contributed by atoms with E-state index in [0.717, 1.165) is 12.5 Å². The predicted octanol–water partition coefficient (Wildman–Crippen LogP) is 4.32. The van der Waals surface area contributed by atoms with Crippen molar-refractivity contribution in [3.63, 3.8) is 0 Å². The lowest BCUT2D eigenvalue weighted by Crippen LogP contribution is -2.21. The molecule has 0 atom stereocenters. The lowest BCUT2D eigenvalue weighted by molar-refractivity contribution is 0.224. The van der Waals surface area contributed by atoms with E-state index in [1.165, 1.54) is 35.6 Å². The molecular formula is C15H26N2S. The van der Waals surface area contributed by atoms with Gasteiger partial charge in [-0.25, -0.2) is 4.98 Å². The lowest BCUT2D eigenvalue weighted by Gasteiger charge is -2.33. The van der Waals surface area contributed by atoms with Gasteiger partial charge in [-0.1, -0.05) is 27.7 Å². The molecule has 3 heteroatoms. The van der Waals surface area contributed by atoms with Gasteiger partial charge in [0, 0.05) is 29.6 Å². The monoisotopic (exact) mass is 266 g/mol. The summed E-state index contributed by atoms with van der Waals surface area (Å²) in [7, 11) is 0. The maximum absolute atomic E-state index is 4.64. The molecule has 0 spiro atoms. The van der Waals surface area contributed by atoms with Crippen molar-refractivity contribution in [2.45, 2.75) is 71.9 Å². The van der Waals surface area contributed by atoms with Crippen LogP contribution in [0.4, 0.5) is 0 Å². The van der Waals surface area contributed by atoms with Crippen LogP contribution in [0.5, 0.6) is 0 Å². The van der Waals surface area contributed by atoms with E-state index in [0.29, 0.717) is 11.5 Å². The van der Waals surface area contributed by atoms with Gasteiger partial charge in [-0.3, -0.25) is 0 Å². The fraction of sp³-hybridized carbons (Fsp3) is 0.800. The second-order valence-corrected chi connectivity index (χ2v) is 7.79. The van der Waals surface area contributed by atoms with Crippen molar-refractivity contribution in [1.82, 2.24) is 10.3 Å². The van der Waals surface area contributed by atoms with Gasteiger partial charge in [-0.05, 0) is 31.1 Å². The zero-order valence-corrected chi connectivity index (χ0v) is 12.9. The average Bonchev–Trinajstić information content (AvgIpc) is 2.75. The quantitative estimate of drug-likeness (QED) is 0.877. The van der Waals surface area contributed by atoms with E-state index in [1.54, 1.807) is 0 Å². The highest BCUT2D eigenvalue weighted by Crippen LogP contribution is 2.43. The van der Waals surface area contributed by atoms with Gasteiger partial charge in [0.2, 0.25) is 0 Å². The average molecular weight is 266 g/mol. The number of hydrogen-bond donors (Lipinski definition) is 1. The minimum absolute atomic E-state index is 0.547. The second-order valence-electron chi connectivity index (χ2n) is 6.64. The Labute approximate surface area is 115 Å². The Morgan fingerprint density at radius 1 is 1.39 bits per heavy atom. The Morgan fingerprint density at radius 3 is 2.67 bits per heavy atom. The second kappa shape index (κ2) is 5.70. The van der Waals surface area contributed by atoms with Crippen LogP contribution in [0, 0.1) is 5.41 Å². The molecular weight excluding hydrogens is 240 g/mol. The Morgan fingerprint density at radius 2 is 2.06 bits per heavy atom. The number of nitrogens with one attached hydrogen (secondary N) is 1. The molecule has 1 aliphatic rings. The maximum atomic E-state index is 4.64. The first-order chi connectivity index (χ1) is 8.46. The molecule has 1 aromatic rings. The highest BCUT2D eigenvalue weighted by molar-refractivity contribution is 7.11. The van der Waals surface area contributed by atoms with Gasteiger partial charge in [0.05, 0.1) is 5.01 Å². The third-order valence-corrected chi connectivity index (χ3v) is 5.10. The molecule has 0 aliphatic heterocycles. The van der Waals surface area contributed by atoms with Crippen molar-refractivity contribution < 1.29 is 0 Å². The van der Waals surface area contributed by atoms with Crippen LogP contribution in [-0.4, -0.2) is 11.0 Å². The fourth-order valence-electron chi connectivity index (χ4n) is 2.54. The zero-order chi connectivity index (χ0) is 13.2. The van der Waals surface area contributed by atoms with Gasteiger partial charge in [0.25, 0.3) is 0 Å². The van der Waals surface area contributed by atoms with E-state index in [-0.39, 0.29) is 0 Å². The summed E-state index contributed by atoms with van der Waals surface area (Å²) in [5, 5.41) is 4.83. The van der Waals surface area contributed by atoms with Crippen LogP contribution in [0.25, 0.3) is 0 Å². The Bertz CT molecular complexity index is 372. The maximum Gasteiger partial charge on any atom is 0.0959 e. The largest absolute Gasteiger partial charge is 0.310 e. The number of aromatic nitrogens is 1. The standard InChI is InChI=1S/C15H26N2S/c1-11(2)16-9-13-10-17-14(18-13)12-5-7-15(3,4)8-6-12/h10-12,16H,5-9H2,1-4H3. The van der Waals surface area contributed by atoms with Crippen LogP contribution < -0.4 is 5.32 Å². The SMILES string of the molecule is CC(C)NCc1cnc(C2CCC(C)(C)CC2)s1. The van der Waals surface area contributed by atoms with Crippen molar-refractivity contribution in [3.05, 3.63) is 16.1 Å². The summed E-state index contributed by atoms with van der Waals surface area (Å²) in [5.41, 5.74) is 0.551. The van der Waals surface area contributed by atoms with Crippen LogP contribution in [0.15, 0.2) is 6.20 Å². The van der Waals surface area contributed by atoms with Crippen LogP contribution in [0.2, 0.25) is 0 Å². The normalized spacial score (nSPS) is 20.5. The van der Waals surface area contributed by atoms with Crippen LogP contribution >= 0.6 is 11.3 Å². The Balaban J connectivity index is 1.90. The topological polar surface area (TPSA) is 24.9 Å². The van der Waals surface area contributed by atoms with Gasteiger partial charge >= 0.3 is 0 Å². The molecule has 0 bridgehead atoms. The van der Waals surface area contributed by atoms with Crippen LogP contribution in [-0.2, 0) is 6.54 Å². The van der Waals surface area contributed by atoms with E-state index >= 15 is 0 Å². The third kappa shape index (κ3) is 3.79. The highest BCUT2D eigenvalue weighted by Gasteiger charge is 2.28. The molecule has 0 aromatic carbocycles. The lowest BCUT2D eigenvalue weighted by atomic mass is 9.73. The van der Waals surface area contributed by atoms with Crippen molar-refractivity contribution in [2.24, 2.45) is 5.41 Å². The predicted molar refractivity (Wildman–Crippen MR) is 79.1 cm³/mol. The highest BCUT2D eigenvalue weighted by atomic mass is 32.1. The Hall–Kier alpha value is -0.410. The summed E-state index contributed by atoms with van der Waals surface area (Å²) in [5.74, 6) is 0.718. The van der Waals surface area contributed by atoms with E-state index in [4.69, 9.17) is 0 Å². The third-order valence-electron chi connectivity index (χ3n) is 3.94. The molecule has 1 heterocycles. The summed E-state index contributed by atoms with van der Waals surface area (Å²) < 4.78 is 0.